The van der Waals surface area contributed by atoms with E-state index in [0.29, 0.717) is 6.54 Å². The molecule has 0 spiro atoms. The van der Waals surface area contributed by atoms with E-state index in [1.54, 1.807) is 7.11 Å². The molecular weight excluding hydrogens is 238 g/mol. The second-order valence-electron chi connectivity index (χ2n) is 4.75. The minimum absolute atomic E-state index is 0.586. The Morgan fingerprint density at radius 2 is 1.95 bits per heavy atom. The Labute approximate surface area is 114 Å². The molecule has 0 bridgehead atoms. The molecule has 4 heteroatoms. The predicted molar refractivity (Wildman–Crippen MR) is 77.5 cm³/mol. The molecule has 0 aliphatic rings. The summed E-state index contributed by atoms with van der Waals surface area (Å²) in [6.45, 7) is 7.51. The van der Waals surface area contributed by atoms with Gasteiger partial charge in [0.05, 0.1) is 25.0 Å². The number of nitrogens with two attached hydrogens (primary N) is 1. The molecule has 102 valence electrons. The molecule has 0 aliphatic heterocycles. The maximum Gasteiger partial charge on any atom is 0.122 e. The number of aryl methyl sites for hydroxylation is 1. The minimum Gasteiger partial charge on any atom is -0.496 e. The Morgan fingerprint density at radius 1 is 1.21 bits per heavy atom. The number of rotatable bonds is 4. The second-order valence-corrected chi connectivity index (χ2v) is 4.75. The van der Waals surface area contributed by atoms with E-state index >= 15 is 0 Å². The Bertz CT molecular complexity index is 587. The number of benzene rings is 1. The SMILES string of the molecule is COc1ccc(-c2cc(C)nn2CCN)c(C)c1C. The largest absolute Gasteiger partial charge is 0.496 e. The Hall–Kier alpha value is -1.81. The van der Waals surface area contributed by atoms with E-state index in [2.05, 4.69) is 31.1 Å². The third-order valence-corrected chi connectivity index (χ3v) is 3.48. The van der Waals surface area contributed by atoms with Crippen LogP contribution >= 0.6 is 0 Å². The fourth-order valence-electron chi connectivity index (χ4n) is 2.35. The number of ether oxygens (including phenoxy) is 1. The summed E-state index contributed by atoms with van der Waals surface area (Å²) in [6, 6.07) is 6.20. The lowest BCUT2D eigenvalue weighted by Crippen LogP contribution is -2.12. The van der Waals surface area contributed by atoms with Gasteiger partial charge in [-0.3, -0.25) is 4.68 Å². The third-order valence-electron chi connectivity index (χ3n) is 3.48. The molecule has 19 heavy (non-hydrogen) atoms. The summed E-state index contributed by atoms with van der Waals surface area (Å²) in [5.41, 5.74) is 11.3. The summed E-state index contributed by atoms with van der Waals surface area (Å²) >= 11 is 0. The van der Waals surface area contributed by atoms with E-state index in [-0.39, 0.29) is 0 Å². The van der Waals surface area contributed by atoms with E-state index in [1.165, 1.54) is 11.1 Å². The lowest BCUT2D eigenvalue weighted by atomic mass is 9.99. The van der Waals surface area contributed by atoms with Crippen LogP contribution in [0.5, 0.6) is 5.75 Å². The standard InChI is InChI=1S/C15H21N3O/c1-10-9-14(18(17-10)8-7-16)13-5-6-15(19-4)12(3)11(13)2/h5-6,9H,7-8,16H2,1-4H3. The topological polar surface area (TPSA) is 53.1 Å². The molecule has 0 saturated carbocycles. The molecule has 0 radical (unpaired) electrons. The van der Waals surface area contributed by atoms with Gasteiger partial charge in [0, 0.05) is 12.1 Å². The van der Waals surface area contributed by atoms with Crippen molar-refractivity contribution in [3.63, 3.8) is 0 Å². The lowest BCUT2D eigenvalue weighted by Gasteiger charge is -2.13. The summed E-state index contributed by atoms with van der Waals surface area (Å²) < 4.78 is 7.33. The molecule has 0 atom stereocenters. The van der Waals surface area contributed by atoms with Crippen LogP contribution in [-0.4, -0.2) is 23.4 Å². The number of hydrogen-bond donors (Lipinski definition) is 1. The van der Waals surface area contributed by atoms with Gasteiger partial charge in [0.2, 0.25) is 0 Å². The summed E-state index contributed by atoms with van der Waals surface area (Å²) in [4.78, 5) is 0. The summed E-state index contributed by atoms with van der Waals surface area (Å²) in [6.07, 6.45) is 0. The second kappa shape index (κ2) is 5.45. The molecule has 0 unspecified atom stereocenters. The Balaban J connectivity index is 2.56. The molecule has 2 N–H and O–H groups in total. The van der Waals surface area contributed by atoms with Gasteiger partial charge < -0.3 is 10.5 Å². The van der Waals surface area contributed by atoms with Gasteiger partial charge in [-0.15, -0.1) is 0 Å². The maximum absolute atomic E-state index is 5.65. The van der Waals surface area contributed by atoms with Crippen LogP contribution < -0.4 is 10.5 Å². The smallest absolute Gasteiger partial charge is 0.122 e. The summed E-state index contributed by atoms with van der Waals surface area (Å²) in [5.74, 6) is 0.919. The van der Waals surface area contributed by atoms with Crippen molar-refractivity contribution in [2.75, 3.05) is 13.7 Å². The molecule has 1 aromatic carbocycles. The monoisotopic (exact) mass is 259 g/mol. The first kappa shape index (κ1) is 13.6. The molecule has 2 rings (SSSR count). The average Bonchev–Trinajstić information content (AvgIpc) is 2.74. The van der Waals surface area contributed by atoms with Gasteiger partial charge >= 0.3 is 0 Å². The van der Waals surface area contributed by atoms with Gasteiger partial charge in [-0.25, -0.2) is 0 Å². The van der Waals surface area contributed by atoms with Crippen molar-refractivity contribution in [2.45, 2.75) is 27.3 Å². The van der Waals surface area contributed by atoms with Crippen LogP contribution in [0.25, 0.3) is 11.3 Å². The molecule has 2 aromatic rings. The highest BCUT2D eigenvalue weighted by Crippen LogP contribution is 2.31. The van der Waals surface area contributed by atoms with Gasteiger partial charge in [0.15, 0.2) is 0 Å². The van der Waals surface area contributed by atoms with Crippen molar-refractivity contribution in [3.8, 4) is 17.0 Å². The van der Waals surface area contributed by atoms with Crippen LogP contribution in [0.2, 0.25) is 0 Å². The molecule has 4 nitrogen and oxygen atoms in total. The van der Waals surface area contributed by atoms with Crippen LogP contribution in [0, 0.1) is 20.8 Å². The van der Waals surface area contributed by atoms with Gasteiger partial charge in [0.1, 0.15) is 5.75 Å². The van der Waals surface area contributed by atoms with Crippen molar-refractivity contribution in [1.82, 2.24) is 9.78 Å². The molecule has 0 amide bonds. The number of nitrogens with zero attached hydrogens (tertiary/aromatic N) is 2. The first-order chi connectivity index (χ1) is 9.08. The highest BCUT2D eigenvalue weighted by atomic mass is 16.5. The minimum atomic E-state index is 0.586. The van der Waals surface area contributed by atoms with E-state index in [9.17, 15) is 0 Å². The van der Waals surface area contributed by atoms with Crippen LogP contribution in [0.4, 0.5) is 0 Å². The zero-order valence-corrected chi connectivity index (χ0v) is 12.0. The molecule has 0 aliphatic carbocycles. The van der Waals surface area contributed by atoms with Crippen molar-refractivity contribution in [2.24, 2.45) is 5.73 Å². The van der Waals surface area contributed by atoms with Crippen molar-refractivity contribution < 1.29 is 4.74 Å². The number of hydrogen-bond acceptors (Lipinski definition) is 3. The van der Waals surface area contributed by atoms with Crippen LogP contribution in [-0.2, 0) is 6.54 Å². The average molecular weight is 259 g/mol. The van der Waals surface area contributed by atoms with Gasteiger partial charge in [0.25, 0.3) is 0 Å². The van der Waals surface area contributed by atoms with Crippen LogP contribution in [0.15, 0.2) is 18.2 Å². The maximum atomic E-state index is 5.65. The van der Waals surface area contributed by atoms with Crippen LogP contribution in [0.3, 0.4) is 0 Å². The normalized spacial score (nSPS) is 10.8. The van der Waals surface area contributed by atoms with Crippen LogP contribution in [0.1, 0.15) is 16.8 Å². The fourth-order valence-corrected chi connectivity index (χ4v) is 2.35. The first-order valence-corrected chi connectivity index (χ1v) is 6.47. The third kappa shape index (κ3) is 2.49. The molecule has 1 aromatic heterocycles. The van der Waals surface area contributed by atoms with Crippen molar-refractivity contribution >= 4 is 0 Å². The molecule has 1 heterocycles. The van der Waals surface area contributed by atoms with Gasteiger partial charge in [-0.05, 0) is 50.1 Å². The molecule has 0 saturated heterocycles. The fraction of sp³-hybridized carbons (Fsp3) is 0.400. The lowest BCUT2D eigenvalue weighted by molar-refractivity contribution is 0.411. The summed E-state index contributed by atoms with van der Waals surface area (Å²) in [7, 11) is 1.70. The molecular formula is C15H21N3O. The van der Waals surface area contributed by atoms with Gasteiger partial charge in [-0.2, -0.15) is 5.10 Å². The van der Waals surface area contributed by atoms with E-state index in [0.717, 1.165) is 29.2 Å². The highest BCUT2D eigenvalue weighted by molar-refractivity contribution is 5.67. The molecule has 0 fully saturated rings. The Morgan fingerprint density at radius 3 is 2.58 bits per heavy atom. The van der Waals surface area contributed by atoms with E-state index < -0.39 is 0 Å². The zero-order valence-electron chi connectivity index (χ0n) is 12.0. The first-order valence-electron chi connectivity index (χ1n) is 6.47. The predicted octanol–water partition coefficient (Wildman–Crippen LogP) is 2.44. The summed E-state index contributed by atoms with van der Waals surface area (Å²) in [5, 5.41) is 4.50. The van der Waals surface area contributed by atoms with E-state index in [1.807, 2.05) is 17.7 Å². The highest BCUT2D eigenvalue weighted by Gasteiger charge is 2.13. The van der Waals surface area contributed by atoms with Crippen molar-refractivity contribution in [1.29, 1.82) is 0 Å². The quantitative estimate of drug-likeness (QED) is 0.917. The Kier molecular flexibility index (Phi) is 3.90. The van der Waals surface area contributed by atoms with Gasteiger partial charge in [-0.1, -0.05) is 0 Å². The number of aromatic nitrogens is 2. The van der Waals surface area contributed by atoms with Crippen molar-refractivity contribution in [3.05, 3.63) is 35.0 Å². The number of methoxy groups -OCH3 is 1. The zero-order chi connectivity index (χ0) is 14.0. The van der Waals surface area contributed by atoms with E-state index in [4.69, 9.17) is 10.5 Å².